The molecule has 3 N–H and O–H groups in total. The first-order valence-corrected chi connectivity index (χ1v) is 7.78. The van der Waals surface area contributed by atoms with Gasteiger partial charge in [0.2, 0.25) is 0 Å². The Hall–Kier alpha value is -1.75. The van der Waals surface area contributed by atoms with Crippen LogP contribution < -0.4 is 10.6 Å². The van der Waals surface area contributed by atoms with Gasteiger partial charge in [0.1, 0.15) is 5.84 Å². The summed E-state index contributed by atoms with van der Waals surface area (Å²) in [7, 11) is 0. The monoisotopic (exact) mass is 290 g/mol. The number of benzene rings is 1. The van der Waals surface area contributed by atoms with Crippen molar-refractivity contribution in [2.24, 2.45) is 10.9 Å². The molecule has 116 valence electrons. The largest absolute Gasteiger partial charge is 0.409 e. The Morgan fingerprint density at radius 3 is 2.57 bits per heavy atom. The molecule has 0 spiro atoms. The van der Waals surface area contributed by atoms with Gasteiger partial charge in [-0.25, -0.2) is 0 Å². The molecular weight excluding hydrogens is 264 g/mol. The number of nitrogens with zero attached hydrogens (tertiary/aromatic N) is 3. The average Bonchev–Trinajstić information content (AvgIpc) is 3.04. The molecule has 1 aromatic rings. The van der Waals surface area contributed by atoms with Gasteiger partial charge in [-0.15, -0.1) is 0 Å². The maximum atomic E-state index is 8.68. The molecular formula is C16H26N4O. The Kier molecular flexibility index (Phi) is 6.34. The van der Waals surface area contributed by atoms with Gasteiger partial charge in [0.05, 0.1) is 0 Å². The molecule has 1 aromatic carbocycles. The van der Waals surface area contributed by atoms with Crippen molar-refractivity contribution in [2.45, 2.75) is 25.7 Å². The van der Waals surface area contributed by atoms with Crippen LogP contribution in [0.4, 0.5) is 5.69 Å². The highest BCUT2D eigenvalue weighted by atomic mass is 16.4. The molecule has 21 heavy (non-hydrogen) atoms. The summed E-state index contributed by atoms with van der Waals surface area (Å²) < 4.78 is 0. The number of oxime groups is 1. The van der Waals surface area contributed by atoms with Crippen LogP contribution in [-0.4, -0.2) is 48.7 Å². The predicted molar refractivity (Wildman–Crippen MR) is 87.0 cm³/mol. The molecule has 1 fully saturated rings. The summed E-state index contributed by atoms with van der Waals surface area (Å²) in [5, 5.41) is 11.7. The zero-order valence-electron chi connectivity index (χ0n) is 12.6. The van der Waals surface area contributed by atoms with Gasteiger partial charge >= 0.3 is 0 Å². The van der Waals surface area contributed by atoms with Gasteiger partial charge in [-0.2, -0.15) is 0 Å². The van der Waals surface area contributed by atoms with Crippen molar-refractivity contribution in [3.05, 3.63) is 30.3 Å². The Labute approximate surface area is 127 Å². The second kappa shape index (κ2) is 8.52. The second-order valence-electron chi connectivity index (χ2n) is 5.57. The minimum Gasteiger partial charge on any atom is -0.409 e. The van der Waals surface area contributed by atoms with Crippen LogP contribution in [0.5, 0.6) is 0 Å². The molecule has 0 atom stereocenters. The topological polar surface area (TPSA) is 65.1 Å². The molecule has 2 rings (SSSR count). The number of anilines is 1. The molecule has 1 aliphatic rings. The molecule has 1 aliphatic heterocycles. The van der Waals surface area contributed by atoms with Crippen molar-refractivity contribution in [3.8, 4) is 0 Å². The molecule has 0 aromatic heterocycles. The van der Waals surface area contributed by atoms with E-state index in [-0.39, 0.29) is 5.84 Å². The van der Waals surface area contributed by atoms with Crippen LogP contribution in [0.1, 0.15) is 25.7 Å². The van der Waals surface area contributed by atoms with Gasteiger partial charge in [-0.1, -0.05) is 23.4 Å². The number of hydrogen-bond acceptors (Lipinski definition) is 4. The third-order valence-electron chi connectivity index (χ3n) is 3.99. The molecule has 0 amide bonds. The van der Waals surface area contributed by atoms with E-state index in [0.29, 0.717) is 6.42 Å². The number of rotatable bonds is 8. The van der Waals surface area contributed by atoms with Gasteiger partial charge in [-0.05, 0) is 51.0 Å². The number of hydrogen-bond donors (Lipinski definition) is 2. The standard InChI is InChI=1S/C16H26N4O/c17-16(18-21)9-14-20(15-7-2-1-3-8-15)13-6-12-19-10-4-5-11-19/h1-3,7-8,21H,4-6,9-14H2,(H2,17,18). The summed E-state index contributed by atoms with van der Waals surface area (Å²) in [5.41, 5.74) is 6.79. The van der Waals surface area contributed by atoms with Crippen molar-refractivity contribution in [1.82, 2.24) is 4.90 Å². The van der Waals surface area contributed by atoms with Crippen LogP contribution >= 0.6 is 0 Å². The Bertz CT molecular complexity index is 429. The van der Waals surface area contributed by atoms with Gasteiger partial charge in [-0.3, -0.25) is 0 Å². The highest BCUT2D eigenvalue weighted by Gasteiger charge is 2.12. The first kappa shape index (κ1) is 15.6. The minimum absolute atomic E-state index is 0.287. The van der Waals surface area contributed by atoms with Gasteiger partial charge < -0.3 is 20.7 Å². The molecule has 0 radical (unpaired) electrons. The zero-order valence-corrected chi connectivity index (χ0v) is 12.6. The van der Waals surface area contributed by atoms with Crippen LogP contribution in [0, 0.1) is 0 Å². The summed E-state index contributed by atoms with van der Waals surface area (Å²) >= 11 is 0. The summed E-state index contributed by atoms with van der Waals surface area (Å²) in [6.45, 7) is 5.43. The maximum absolute atomic E-state index is 8.68. The van der Waals surface area contributed by atoms with Crippen molar-refractivity contribution in [3.63, 3.8) is 0 Å². The van der Waals surface area contributed by atoms with E-state index in [2.05, 4.69) is 27.1 Å². The first-order valence-electron chi connectivity index (χ1n) is 7.78. The predicted octanol–water partition coefficient (Wildman–Crippen LogP) is 2.12. The van der Waals surface area contributed by atoms with Crippen molar-refractivity contribution >= 4 is 11.5 Å². The van der Waals surface area contributed by atoms with Crippen LogP contribution in [-0.2, 0) is 0 Å². The number of amidine groups is 1. The highest BCUT2D eigenvalue weighted by molar-refractivity contribution is 5.80. The van der Waals surface area contributed by atoms with E-state index in [1.54, 1.807) is 0 Å². The highest BCUT2D eigenvalue weighted by Crippen LogP contribution is 2.15. The van der Waals surface area contributed by atoms with Crippen LogP contribution in [0.25, 0.3) is 0 Å². The van der Waals surface area contributed by atoms with E-state index in [1.807, 2.05) is 18.2 Å². The van der Waals surface area contributed by atoms with Gasteiger partial charge in [0.15, 0.2) is 0 Å². The van der Waals surface area contributed by atoms with E-state index in [1.165, 1.54) is 31.6 Å². The Morgan fingerprint density at radius 1 is 1.19 bits per heavy atom. The fourth-order valence-corrected chi connectivity index (χ4v) is 2.80. The summed E-state index contributed by atoms with van der Waals surface area (Å²) in [5.74, 6) is 0.287. The van der Waals surface area contributed by atoms with Crippen LogP contribution in [0.3, 0.4) is 0 Å². The van der Waals surface area contributed by atoms with E-state index in [4.69, 9.17) is 10.9 Å². The molecule has 0 saturated carbocycles. The quantitative estimate of drug-likeness (QED) is 0.333. The Balaban J connectivity index is 1.85. The fraction of sp³-hybridized carbons (Fsp3) is 0.562. The number of likely N-dealkylation sites (tertiary alicyclic amines) is 1. The van der Waals surface area contributed by atoms with E-state index >= 15 is 0 Å². The average molecular weight is 290 g/mol. The summed E-state index contributed by atoms with van der Waals surface area (Å²) in [4.78, 5) is 4.85. The number of para-hydroxylation sites is 1. The minimum atomic E-state index is 0.287. The third kappa shape index (κ3) is 5.27. The molecule has 0 aliphatic carbocycles. The van der Waals surface area contributed by atoms with E-state index < -0.39 is 0 Å². The van der Waals surface area contributed by atoms with Crippen molar-refractivity contribution in [1.29, 1.82) is 0 Å². The molecule has 5 heteroatoms. The SMILES string of the molecule is NC(CCN(CCCN1CCCC1)c1ccccc1)=NO. The van der Waals surface area contributed by atoms with Gasteiger partial charge in [0, 0.05) is 25.2 Å². The van der Waals surface area contributed by atoms with E-state index in [0.717, 1.165) is 26.1 Å². The first-order chi connectivity index (χ1) is 10.3. The zero-order chi connectivity index (χ0) is 14.9. The molecule has 0 bridgehead atoms. The lowest BCUT2D eigenvalue weighted by atomic mass is 10.2. The Morgan fingerprint density at radius 2 is 1.90 bits per heavy atom. The second-order valence-corrected chi connectivity index (χ2v) is 5.57. The lowest BCUT2D eigenvalue weighted by Crippen LogP contribution is -2.31. The fourth-order valence-electron chi connectivity index (χ4n) is 2.80. The van der Waals surface area contributed by atoms with Crippen LogP contribution in [0.2, 0.25) is 0 Å². The number of nitrogens with two attached hydrogens (primary N) is 1. The molecule has 1 heterocycles. The summed E-state index contributed by atoms with van der Waals surface area (Å²) in [6, 6.07) is 10.3. The van der Waals surface area contributed by atoms with E-state index in [9.17, 15) is 0 Å². The third-order valence-corrected chi connectivity index (χ3v) is 3.99. The molecule has 1 saturated heterocycles. The smallest absolute Gasteiger partial charge is 0.140 e. The van der Waals surface area contributed by atoms with Crippen molar-refractivity contribution in [2.75, 3.05) is 37.6 Å². The summed E-state index contributed by atoms with van der Waals surface area (Å²) in [6.07, 6.45) is 4.40. The maximum Gasteiger partial charge on any atom is 0.140 e. The normalized spacial score (nSPS) is 16.3. The lowest BCUT2D eigenvalue weighted by Gasteiger charge is -2.26. The van der Waals surface area contributed by atoms with Gasteiger partial charge in [0.25, 0.3) is 0 Å². The van der Waals surface area contributed by atoms with Crippen LogP contribution in [0.15, 0.2) is 35.5 Å². The van der Waals surface area contributed by atoms with Crippen molar-refractivity contribution < 1.29 is 5.21 Å². The molecule has 0 unspecified atom stereocenters. The molecule has 5 nitrogen and oxygen atoms in total. The lowest BCUT2D eigenvalue weighted by molar-refractivity contribution is 0.316.